The van der Waals surface area contributed by atoms with Gasteiger partial charge in [0.2, 0.25) is 0 Å². The zero-order chi connectivity index (χ0) is 27.9. The van der Waals surface area contributed by atoms with Crippen molar-refractivity contribution < 1.29 is 36.3 Å². The quantitative estimate of drug-likeness (QED) is 0.0900. The summed E-state index contributed by atoms with van der Waals surface area (Å²) < 4.78 is 60.4. The monoisotopic (exact) mass is 582 g/mol. The van der Waals surface area contributed by atoms with E-state index >= 15 is 0 Å². The van der Waals surface area contributed by atoms with Crippen molar-refractivity contribution >= 4 is 15.6 Å². The van der Waals surface area contributed by atoms with Crippen molar-refractivity contribution in [3.8, 4) is 23.0 Å². The SMILES string of the molecule is O=P(OCCCCCCOP(=O)(Oc1ccccc1)Oc1ccccc1)(Oc1ccccc1)Oc1ccccc1. The third kappa shape index (κ3) is 10.2. The first-order valence-corrected chi connectivity index (χ1v) is 15.9. The molecular formula is C30H32O8P2. The molecule has 210 valence electrons. The van der Waals surface area contributed by atoms with Gasteiger partial charge in [0, 0.05) is 0 Å². The second kappa shape index (κ2) is 15.3. The van der Waals surface area contributed by atoms with Gasteiger partial charge in [-0.15, -0.1) is 0 Å². The fourth-order valence-electron chi connectivity index (χ4n) is 3.49. The number of rotatable bonds is 17. The molecular weight excluding hydrogens is 550 g/mol. The van der Waals surface area contributed by atoms with Crippen LogP contribution in [0.1, 0.15) is 25.7 Å². The lowest BCUT2D eigenvalue weighted by Crippen LogP contribution is -2.07. The van der Waals surface area contributed by atoms with E-state index in [9.17, 15) is 9.13 Å². The van der Waals surface area contributed by atoms with Crippen molar-refractivity contribution in [1.29, 1.82) is 0 Å². The summed E-state index contributed by atoms with van der Waals surface area (Å²) in [5.74, 6) is 1.55. The predicted molar refractivity (Wildman–Crippen MR) is 154 cm³/mol. The minimum absolute atomic E-state index is 0.171. The van der Waals surface area contributed by atoms with Crippen molar-refractivity contribution in [3.63, 3.8) is 0 Å². The van der Waals surface area contributed by atoms with Crippen LogP contribution in [0.5, 0.6) is 23.0 Å². The van der Waals surface area contributed by atoms with Crippen LogP contribution in [0.15, 0.2) is 121 Å². The Labute approximate surface area is 235 Å². The molecule has 0 bridgehead atoms. The van der Waals surface area contributed by atoms with Crippen molar-refractivity contribution in [3.05, 3.63) is 121 Å². The summed E-state index contributed by atoms with van der Waals surface area (Å²) in [6.45, 7) is 0.342. The number of unbranched alkanes of at least 4 members (excludes halogenated alkanes) is 3. The molecule has 0 aliphatic heterocycles. The molecule has 4 aromatic carbocycles. The molecule has 0 saturated heterocycles. The van der Waals surface area contributed by atoms with Crippen molar-refractivity contribution in [1.82, 2.24) is 0 Å². The molecule has 0 unspecified atom stereocenters. The smallest absolute Gasteiger partial charge is 0.395 e. The Kier molecular flexibility index (Phi) is 11.3. The molecule has 4 aromatic rings. The topological polar surface area (TPSA) is 89.5 Å². The highest BCUT2D eigenvalue weighted by molar-refractivity contribution is 7.49. The molecule has 0 aliphatic carbocycles. The van der Waals surface area contributed by atoms with Crippen LogP contribution in [-0.4, -0.2) is 13.2 Å². The minimum atomic E-state index is -3.91. The molecule has 0 aliphatic rings. The average molecular weight is 583 g/mol. The van der Waals surface area contributed by atoms with E-state index in [4.69, 9.17) is 27.1 Å². The van der Waals surface area contributed by atoms with Gasteiger partial charge < -0.3 is 18.1 Å². The summed E-state index contributed by atoms with van der Waals surface area (Å²) in [7, 11) is -7.82. The lowest BCUT2D eigenvalue weighted by atomic mass is 10.2. The van der Waals surface area contributed by atoms with Gasteiger partial charge in [-0.2, -0.15) is 0 Å². The van der Waals surface area contributed by atoms with E-state index in [-0.39, 0.29) is 13.2 Å². The van der Waals surface area contributed by atoms with E-state index in [1.54, 1.807) is 97.1 Å². The minimum Gasteiger partial charge on any atom is -0.395 e. The van der Waals surface area contributed by atoms with Gasteiger partial charge in [0.05, 0.1) is 13.2 Å². The zero-order valence-electron chi connectivity index (χ0n) is 22.0. The van der Waals surface area contributed by atoms with Crippen LogP contribution >= 0.6 is 15.6 Å². The van der Waals surface area contributed by atoms with Crippen LogP contribution in [0.3, 0.4) is 0 Å². The maximum atomic E-state index is 13.4. The van der Waals surface area contributed by atoms with E-state index in [1.165, 1.54) is 0 Å². The Morgan fingerprint density at radius 1 is 0.375 bits per heavy atom. The fraction of sp³-hybridized carbons (Fsp3) is 0.200. The lowest BCUT2D eigenvalue weighted by molar-refractivity contribution is 0.196. The molecule has 0 fully saturated rings. The van der Waals surface area contributed by atoms with Gasteiger partial charge in [-0.1, -0.05) is 85.6 Å². The van der Waals surface area contributed by atoms with E-state index in [1.807, 2.05) is 24.3 Å². The van der Waals surface area contributed by atoms with Gasteiger partial charge in [-0.3, -0.25) is 9.05 Å². The first kappa shape index (κ1) is 29.4. The Balaban J connectivity index is 1.23. The molecule has 0 spiro atoms. The van der Waals surface area contributed by atoms with Crippen LogP contribution in [0, 0.1) is 0 Å². The number of benzene rings is 4. The Bertz CT molecular complexity index is 1160. The second-order valence-corrected chi connectivity index (χ2v) is 11.6. The van der Waals surface area contributed by atoms with Crippen LogP contribution in [0.4, 0.5) is 0 Å². The van der Waals surface area contributed by atoms with Crippen molar-refractivity contribution in [2.75, 3.05) is 13.2 Å². The summed E-state index contributed by atoms with van der Waals surface area (Å²) in [6.07, 6.45) is 2.73. The zero-order valence-corrected chi connectivity index (χ0v) is 23.7. The molecule has 0 aromatic heterocycles. The standard InChI is InChI=1S/C30H32O8P2/c31-39(35-27-17-7-3-8-18-27,36-28-19-9-4-10-20-28)33-25-15-1-2-16-26-34-40(32,37-29-21-11-5-12-22-29)38-30-23-13-6-14-24-30/h3-14,17-24H,1-2,15-16,25-26H2. The molecule has 0 radical (unpaired) electrons. The van der Waals surface area contributed by atoms with E-state index in [2.05, 4.69) is 0 Å². The molecule has 0 heterocycles. The van der Waals surface area contributed by atoms with Gasteiger partial charge in [-0.25, -0.2) is 9.13 Å². The van der Waals surface area contributed by atoms with Gasteiger partial charge in [0.1, 0.15) is 23.0 Å². The van der Waals surface area contributed by atoms with Crippen molar-refractivity contribution in [2.45, 2.75) is 25.7 Å². The summed E-state index contributed by atoms with van der Waals surface area (Å²) in [5, 5.41) is 0. The molecule has 10 heteroatoms. The molecule has 40 heavy (non-hydrogen) atoms. The van der Waals surface area contributed by atoms with E-state index in [0.717, 1.165) is 12.8 Å². The maximum Gasteiger partial charge on any atom is 0.587 e. The van der Waals surface area contributed by atoms with Gasteiger partial charge in [0.25, 0.3) is 0 Å². The van der Waals surface area contributed by atoms with Gasteiger partial charge >= 0.3 is 15.6 Å². The highest BCUT2D eigenvalue weighted by Crippen LogP contribution is 2.50. The van der Waals surface area contributed by atoms with E-state index < -0.39 is 15.6 Å². The fourth-order valence-corrected chi connectivity index (χ4v) is 6.01. The highest BCUT2D eigenvalue weighted by Gasteiger charge is 2.31. The largest absolute Gasteiger partial charge is 0.587 e. The number of hydrogen-bond donors (Lipinski definition) is 0. The van der Waals surface area contributed by atoms with E-state index in [0.29, 0.717) is 35.8 Å². The average Bonchev–Trinajstić information content (AvgIpc) is 2.96. The third-order valence-corrected chi connectivity index (χ3v) is 8.11. The number of para-hydroxylation sites is 4. The normalized spacial score (nSPS) is 11.5. The van der Waals surface area contributed by atoms with Crippen LogP contribution in [0.25, 0.3) is 0 Å². The molecule has 0 saturated carbocycles. The lowest BCUT2D eigenvalue weighted by Gasteiger charge is -2.19. The second-order valence-electron chi connectivity index (χ2n) is 8.59. The summed E-state index contributed by atoms with van der Waals surface area (Å²) in [5.41, 5.74) is 0. The molecule has 0 atom stereocenters. The summed E-state index contributed by atoms with van der Waals surface area (Å²) >= 11 is 0. The summed E-state index contributed by atoms with van der Waals surface area (Å²) in [6, 6.07) is 35.0. The Morgan fingerprint density at radius 2 is 0.625 bits per heavy atom. The number of hydrogen-bond acceptors (Lipinski definition) is 8. The molecule has 0 N–H and O–H groups in total. The number of phosphoric acid groups is 2. The highest BCUT2D eigenvalue weighted by atomic mass is 31.2. The first-order valence-electron chi connectivity index (χ1n) is 13.0. The number of phosphoric ester groups is 2. The Hall–Kier alpha value is -3.54. The van der Waals surface area contributed by atoms with Crippen molar-refractivity contribution in [2.24, 2.45) is 0 Å². The molecule has 4 rings (SSSR count). The van der Waals surface area contributed by atoms with Crippen LogP contribution in [0.2, 0.25) is 0 Å². The summed E-state index contributed by atoms with van der Waals surface area (Å²) in [4.78, 5) is 0. The predicted octanol–water partition coefficient (Wildman–Crippen LogP) is 9.11. The first-order chi connectivity index (χ1) is 19.5. The maximum absolute atomic E-state index is 13.4. The third-order valence-electron chi connectivity index (χ3n) is 5.38. The van der Waals surface area contributed by atoms with Crippen LogP contribution in [-0.2, 0) is 18.2 Å². The molecule has 8 nitrogen and oxygen atoms in total. The van der Waals surface area contributed by atoms with Gasteiger partial charge in [-0.05, 0) is 61.4 Å². The van der Waals surface area contributed by atoms with Crippen LogP contribution < -0.4 is 18.1 Å². The van der Waals surface area contributed by atoms with Gasteiger partial charge in [0.15, 0.2) is 0 Å². The Morgan fingerprint density at radius 3 is 0.875 bits per heavy atom. The molecule has 0 amide bonds.